The van der Waals surface area contributed by atoms with E-state index < -0.39 is 12.0 Å². The van der Waals surface area contributed by atoms with Crippen molar-refractivity contribution in [3.05, 3.63) is 23.3 Å². The maximum atomic E-state index is 11.8. The Morgan fingerprint density at radius 3 is 2.61 bits per heavy atom. The van der Waals surface area contributed by atoms with E-state index in [2.05, 4.69) is 11.9 Å². The van der Waals surface area contributed by atoms with E-state index in [0.717, 1.165) is 29.6 Å². The number of carbonyl (C=O) groups excluding carboxylic acids is 2. The van der Waals surface area contributed by atoms with Crippen LogP contribution in [0.5, 0.6) is 0 Å². The summed E-state index contributed by atoms with van der Waals surface area (Å²) in [7, 11) is 0. The number of allylic oxidation sites excluding steroid dienone is 1. The van der Waals surface area contributed by atoms with Crippen molar-refractivity contribution in [1.82, 2.24) is 5.32 Å². The van der Waals surface area contributed by atoms with E-state index in [1.165, 1.54) is 0 Å². The number of aliphatic hydroxyl groups is 1. The molecule has 4 heteroatoms. The molecule has 1 heterocycles. The van der Waals surface area contributed by atoms with Crippen LogP contribution in [-0.2, 0) is 9.59 Å². The highest BCUT2D eigenvalue weighted by Crippen LogP contribution is 2.39. The lowest BCUT2D eigenvalue weighted by molar-refractivity contribution is -0.125. The van der Waals surface area contributed by atoms with Gasteiger partial charge in [0.05, 0.1) is 12.0 Å². The number of rotatable bonds is 2. The molecule has 2 amide bonds. The Kier molecular flexibility index (Phi) is 3.39. The number of nitrogens with one attached hydrogen (secondary N) is 1. The van der Waals surface area contributed by atoms with Gasteiger partial charge >= 0.3 is 0 Å². The van der Waals surface area contributed by atoms with Crippen molar-refractivity contribution >= 4 is 11.8 Å². The van der Waals surface area contributed by atoms with Crippen LogP contribution in [0.4, 0.5) is 0 Å². The fourth-order valence-corrected chi connectivity index (χ4v) is 2.97. The lowest BCUT2D eigenvalue weighted by Crippen LogP contribution is -2.34. The highest BCUT2D eigenvalue weighted by Gasteiger charge is 2.40. The highest BCUT2D eigenvalue weighted by atomic mass is 16.3. The van der Waals surface area contributed by atoms with Crippen LogP contribution in [0.1, 0.15) is 33.1 Å². The molecule has 18 heavy (non-hydrogen) atoms. The molecule has 2 unspecified atom stereocenters. The number of hydrogen-bond donors (Lipinski definition) is 2. The lowest BCUT2D eigenvalue weighted by Gasteiger charge is -2.33. The molecular formula is C14H19NO3. The van der Waals surface area contributed by atoms with Gasteiger partial charge in [0.25, 0.3) is 0 Å². The molecule has 3 atom stereocenters. The molecule has 2 rings (SSSR count). The minimum absolute atomic E-state index is 0.00722. The molecule has 0 aromatic rings. The van der Waals surface area contributed by atoms with Crippen molar-refractivity contribution in [3.63, 3.8) is 0 Å². The number of imide groups is 1. The zero-order valence-electron chi connectivity index (χ0n) is 10.8. The summed E-state index contributed by atoms with van der Waals surface area (Å²) in [6, 6.07) is 0. The molecule has 1 saturated heterocycles. The van der Waals surface area contributed by atoms with Crippen molar-refractivity contribution in [3.8, 4) is 0 Å². The van der Waals surface area contributed by atoms with Crippen LogP contribution in [0.2, 0.25) is 0 Å². The van der Waals surface area contributed by atoms with Gasteiger partial charge in [0.2, 0.25) is 11.8 Å². The van der Waals surface area contributed by atoms with Crippen molar-refractivity contribution in [2.75, 3.05) is 0 Å². The van der Waals surface area contributed by atoms with E-state index in [9.17, 15) is 14.7 Å². The fraction of sp³-hybridized carbons (Fsp3) is 0.571. The third kappa shape index (κ3) is 2.12. The highest BCUT2D eigenvalue weighted by molar-refractivity contribution is 6.05. The van der Waals surface area contributed by atoms with Crippen LogP contribution in [0.15, 0.2) is 23.3 Å². The second-order valence-corrected chi connectivity index (χ2v) is 5.34. The molecule has 2 aliphatic rings. The van der Waals surface area contributed by atoms with Gasteiger partial charge in [-0.1, -0.05) is 17.7 Å². The van der Waals surface area contributed by atoms with Gasteiger partial charge < -0.3 is 5.11 Å². The first-order chi connectivity index (χ1) is 8.41. The summed E-state index contributed by atoms with van der Waals surface area (Å²) >= 11 is 0. The summed E-state index contributed by atoms with van der Waals surface area (Å²) in [5.41, 5.74) is 2.70. The zero-order valence-corrected chi connectivity index (χ0v) is 10.8. The third-order valence-corrected chi connectivity index (χ3v) is 4.00. The van der Waals surface area contributed by atoms with E-state index in [1.807, 2.05) is 13.8 Å². The molecule has 0 spiro atoms. The van der Waals surface area contributed by atoms with E-state index >= 15 is 0 Å². The Balaban J connectivity index is 2.32. The predicted molar refractivity (Wildman–Crippen MR) is 67.5 cm³/mol. The first kappa shape index (κ1) is 13.0. The Morgan fingerprint density at radius 1 is 1.44 bits per heavy atom. The van der Waals surface area contributed by atoms with Gasteiger partial charge in [0, 0.05) is 12.3 Å². The molecular weight excluding hydrogens is 230 g/mol. The van der Waals surface area contributed by atoms with Crippen LogP contribution in [0.3, 0.4) is 0 Å². The summed E-state index contributed by atoms with van der Waals surface area (Å²) in [6.45, 7) is 7.73. The number of aliphatic hydroxyl groups excluding tert-OH is 1. The third-order valence-electron chi connectivity index (χ3n) is 4.00. The quantitative estimate of drug-likeness (QED) is 0.573. The average molecular weight is 249 g/mol. The maximum absolute atomic E-state index is 11.8. The van der Waals surface area contributed by atoms with E-state index in [-0.39, 0.29) is 24.2 Å². The van der Waals surface area contributed by atoms with Crippen LogP contribution < -0.4 is 5.32 Å². The topological polar surface area (TPSA) is 66.4 Å². The van der Waals surface area contributed by atoms with Gasteiger partial charge in [-0.05, 0) is 32.3 Å². The normalized spacial score (nSPS) is 32.7. The minimum atomic E-state index is -0.683. The van der Waals surface area contributed by atoms with Gasteiger partial charge in [-0.2, -0.15) is 0 Å². The summed E-state index contributed by atoms with van der Waals surface area (Å²) in [5, 5.41) is 12.7. The molecule has 1 fully saturated rings. The largest absolute Gasteiger partial charge is 0.388 e. The van der Waals surface area contributed by atoms with Gasteiger partial charge in [0.1, 0.15) is 0 Å². The average Bonchev–Trinajstić information content (AvgIpc) is 2.57. The first-order valence-corrected chi connectivity index (χ1v) is 6.28. The molecule has 0 bridgehead atoms. The monoisotopic (exact) mass is 249 g/mol. The molecule has 0 aromatic heterocycles. The molecule has 4 nitrogen and oxygen atoms in total. The molecule has 0 aromatic carbocycles. The molecule has 2 N–H and O–H groups in total. The number of hydrogen-bond acceptors (Lipinski definition) is 3. The summed E-state index contributed by atoms with van der Waals surface area (Å²) < 4.78 is 0. The molecule has 0 radical (unpaired) electrons. The summed E-state index contributed by atoms with van der Waals surface area (Å²) in [4.78, 5) is 23.0. The first-order valence-electron chi connectivity index (χ1n) is 6.28. The van der Waals surface area contributed by atoms with Crippen LogP contribution in [0.25, 0.3) is 0 Å². The lowest BCUT2D eigenvalue weighted by atomic mass is 9.74. The predicted octanol–water partition coefficient (Wildman–Crippen LogP) is 1.31. The van der Waals surface area contributed by atoms with Crippen LogP contribution >= 0.6 is 0 Å². The van der Waals surface area contributed by atoms with E-state index in [0.29, 0.717) is 0 Å². The second kappa shape index (κ2) is 4.69. The second-order valence-electron chi connectivity index (χ2n) is 5.34. The Morgan fingerprint density at radius 2 is 2.11 bits per heavy atom. The molecule has 98 valence electrons. The number of amides is 2. The van der Waals surface area contributed by atoms with Crippen molar-refractivity contribution < 1.29 is 14.7 Å². The zero-order chi connectivity index (χ0) is 13.4. The fourth-order valence-electron chi connectivity index (χ4n) is 2.97. The number of carbonyl (C=O) groups is 2. The standard InChI is InChI=1S/C14H19NO3/c1-7(2)9-5-4-8(3)12(13(9)17)10-6-11(16)15-14(10)18/h9-10,13,17H,1,4-6H2,2-3H3,(H,15,16,18)/t9-,10?,13?/m0/s1. The Hall–Kier alpha value is -1.42. The van der Waals surface area contributed by atoms with Crippen molar-refractivity contribution in [1.29, 1.82) is 0 Å². The summed E-state index contributed by atoms with van der Waals surface area (Å²) in [5.74, 6) is -1.03. The molecule has 0 saturated carbocycles. The summed E-state index contributed by atoms with van der Waals surface area (Å²) in [6.07, 6.45) is 1.18. The van der Waals surface area contributed by atoms with Gasteiger partial charge in [-0.15, -0.1) is 0 Å². The van der Waals surface area contributed by atoms with E-state index in [1.54, 1.807) is 0 Å². The van der Waals surface area contributed by atoms with Gasteiger partial charge in [0.15, 0.2) is 0 Å². The maximum Gasteiger partial charge on any atom is 0.234 e. The van der Waals surface area contributed by atoms with E-state index in [4.69, 9.17) is 0 Å². The van der Waals surface area contributed by atoms with Crippen LogP contribution in [0, 0.1) is 11.8 Å². The van der Waals surface area contributed by atoms with Crippen LogP contribution in [-0.4, -0.2) is 23.0 Å². The van der Waals surface area contributed by atoms with Crippen molar-refractivity contribution in [2.24, 2.45) is 11.8 Å². The minimum Gasteiger partial charge on any atom is -0.388 e. The molecule has 1 aliphatic heterocycles. The Bertz CT molecular complexity index is 450. The van der Waals surface area contributed by atoms with Crippen molar-refractivity contribution in [2.45, 2.75) is 39.2 Å². The van der Waals surface area contributed by atoms with Gasteiger partial charge in [-0.25, -0.2) is 0 Å². The SMILES string of the molecule is C=C(C)[C@@H]1CCC(C)=C(C2CC(=O)NC2=O)C1O. The Labute approximate surface area is 107 Å². The van der Waals surface area contributed by atoms with Gasteiger partial charge in [-0.3, -0.25) is 14.9 Å². The molecule has 1 aliphatic carbocycles. The smallest absolute Gasteiger partial charge is 0.234 e.